The number of hydrogen-bond acceptors (Lipinski definition) is 7. The number of nitrogens with one attached hydrogen (secondary N) is 2. The lowest BCUT2D eigenvalue weighted by Gasteiger charge is -2.27. The molecule has 2 aliphatic rings. The number of rotatable bonds is 8. The first-order valence-electron chi connectivity index (χ1n) is 12.6. The number of aromatic amines is 1. The standard InChI is InChI=1S/C26H34FN7O/c1-33-13-8-20(9-14-33)25-31-23(19-3-5-21(27)6-4-19)24(32-25)22-7-11-29-26(30-22)28-10-2-12-34-15-17-35-18-16-34/h3-7,11,20H,2,8-10,12-18H2,1H3,(H,31,32)(H,28,29,30). The van der Waals surface area contributed by atoms with Gasteiger partial charge in [-0.15, -0.1) is 0 Å². The zero-order chi connectivity index (χ0) is 24.0. The van der Waals surface area contributed by atoms with Crippen LogP contribution in [0.4, 0.5) is 10.3 Å². The lowest BCUT2D eigenvalue weighted by Crippen LogP contribution is -2.37. The van der Waals surface area contributed by atoms with Crippen LogP contribution < -0.4 is 5.32 Å². The molecule has 0 saturated carbocycles. The van der Waals surface area contributed by atoms with Crippen LogP contribution in [0.15, 0.2) is 36.5 Å². The van der Waals surface area contributed by atoms with E-state index in [1.54, 1.807) is 18.3 Å². The van der Waals surface area contributed by atoms with E-state index in [4.69, 9.17) is 14.7 Å². The molecule has 2 fully saturated rings. The quantitative estimate of drug-likeness (QED) is 0.478. The molecule has 0 aliphatic carbocycles. The molecule has 186 valence electrons. The lowest BCUT2D eigenvalue weighted by atomic mass is 9.96. The molecule has 5 rings (SSSR count). The van der Waals surface area contributed by atoms with Crippen molar-refractivity contribution >= 4 is 5.95 Å². The Bertz CT molecular complexity index is 1090. The zero-order valence-corrected chi connectivity index (χ0v) is 20.3. The summed E-state index contributed by atoms with van der Waals surface area (Å²) in [5, 5.41) is 3.37. The minimum absolute atomic E-state index is 0.257. The summed E-state index contributed by atoms with van der Waals surface area (Å²) < 4.78 is 19.0. The molecule has 0 radical (unpaired) electrons. The summed E-state index contributed by atoms with van der Waals surface area (Å²) >= 11 is 0. The largest absolute Gasteiger partial charge is 0.379 e. The van der Waals surface area contributed by atoms with Crippen molar-refractivity contribution in [3.63, 3.8) is 0 Å². The minimum atomic E-state index is -0.257. The van der Waals surface area contributed by atoms with Gasteiger partial charge in [-0.2, -0.15) is 0 Å². The molecule has 0 amide bonds. The number of aromatic nitrogens is 4. The SMILES string of the molecule is CN1CCC(c2nc(-c3ccc(F)cc3)c(-c3ccnc(NCCCN4CCOCC4)n3)[nH]2)CC1. The fraction of sp³-hybridized carbons (Fsp3) is 0.500. The predicted molar refractivity (Wildman–Crippen MR) is 135 cm³/mol. The van der Waals surface area contributed by atoms with Crippen LogP contribution in [0.2, 0.25) is 0 Å². The number of nitrogens with zero attached hydrogens (tertiary/aromatic N) is 5. The molecule has 2 saturated heterocycles. The third-order valence-electron chi connectivity index (χ3n) is 6.89. The summed E-state index contributed by atoms with van der Waals surface area (Å²) in [5.74, 6) is 1.70. The van der Waals surface area contributed by atoms with Crippen LogP contribution >= 0.6 is 0 Å². The topological polar surface area (TPSA) is 82.2 Å². The number of anilines is 1. The van der Waals surface area contributed by atoms with Crippen LogP contribution in [0.1, 0.15) is 31.0 Å². The maximum absolute atomic E-state index is 13.6. The Morgan fingerprint density at radius 2 is 1.83 bits per heavy atom. The Morgan fingerprint density at radius 3 is 2.60 bits per heavy atom. The van der Waals surface area contributed by atoms with Crippen LogP contribution in [0.5, 0.6) is 0 Å². The number of hydrogen-bond donors (Lipinski definition) is 2. The molecule has 0 atom stereocenters. The smallest absolute Gasteiger partial charge is 0.223 e. The highest BCUT2D eigenvalue weighted by molar-refractivity contribution is 5.77. The van der Waals surface area contributed by atoms with Crippen LogP contribution in [-0.4, -0.2) is 89.3 Å². The zero-order valence-electron chi connectivity index (χ0n) is 20.3. The third kappa shape index (κ3) is 6.04. The summed E-state index contributed by atoms with van der Waals surface area (Å²) in [6.45, 7) is 7.57. The van der Waals surface area contributed by atoms with Gasteiger partial charge in [0.25, 0.3) is 0 Å². The van der Waals surface area contributed by atoms with Gasteiger partial charge in [-0.25, -0.2) is 19.3 Å². The molecule has 0 bridgehead atoms. The van der Waals surface area contributed by atoms with Crippen LogP contribution in [0, 0.1) is 5.82 Å². The first-order valence-corrected chi connectivity index (χ1v) is 12.6. The Labute approximate surface area is 205 Å². The van der Waals surface area contributed by atoms with E-state index in [1.165, 1.54) is 12.1 Å². The molecular weight excluding hydrogens is 445 g/mol. The number of benzene rings is 1. The van der Waals surface area contributed by atoms with Crippen molar-refractivity contribution in [1.29, 1.82) is 0 Å². The van der Waals surface area contributed by atoms with Gasteiger partial charge in [0.1, 0.15) is 11.6 Å². The van der Waals surface area contributed by atoms with Crippen LogP contribution in [0.25, 0.3) is 22.6 Å². The van der Waals surface area contributed by atoms with Crippen molar-refractivity contribution in [2.45, 2.75) is 25.2 Å². The molecule has 35 heavy (non-hydrogen) atoms. The van der Waals surface area contributed by atoms with E-state index < -0.39 is 0 Å². The normalized spacial score (nSPS) is 18.1. The lowest BCUT2D eigenvalue weighted by molar-refractivity contribution is 0.0378. The molecule has 9 heteroatoms. The highest BCUT2D eigenvalue weighted by atomic mass is 19.1. The average molecular weight is 480 g/mol. The number of piperidine rings is 1. The number of H-pyrrole nitrogens is 1. The fourth-order valence-corrected chi connectivity index (χ4v) is 4.78. The first-order chi connectivity index (χ1) is 17.2. The first kappa shape index (κ1) is 23.8. The monoisotopic (exact) mass is 479 g/mol. The van der Waals surface area contributed by atoms with E-state index in [0.29, 0.717) is 11.9 Å². The molecule has 4 heterocycles. The Hall–Kier alpha value is -2.88. The van der Waals surface area contributed by atoms with Crippen molar-refractivity contribution in [3.8, 4) is 22.6 Å². The number of morpholine rings is 1. The van der Waals surface area contributed by atoms with Gasteiger partial charge in [-0.05, 0) is 76.3 Å². The van der Waals surface area contributed by atoms with Gasteiger partial charge in [0, 0.05) is 37.3 Å². The molecule has 0 unspecified atom stereocenters. The molecule has 2 aromatic heterocycles. The maximum Gasteiger partial charge on any atom is 0.223 e. The number of imidazole rings is 1. The van der Waals surface area contributed by atoms with E-state index in [0.717, 1.165) is 100 Å². The summed E-state index contributed by atoms with van der Waals surface area (Å²) in [7, 11) is 2.16. The molecule has 2 N–H and O–H groups in total. The van der Waals surface area contributed by atoms with E-state index in [2.05, 4.69) is 32.1 Å². The van der Waals surface area contributed by atoms with Crippen molar-refractivity contribution in [2.24, 2.45) is 0 Å². The number of ether oxygens (including phenoxy) is 1. The average Bonchev–Trinajstić information content (AvgIpc) is 3.34. The Balaban J connectivity index is 1.34. The van der Waals surface area contributed by atoms with E-state index >= 15 is 0 Å². The summed E-state index contributed by atoms with van der Waals surface area (Å²) in [6.07, 6.45) is 4.91. The summed E-state index contributed by atoms with van der Waals surface area (Å²) in [6, 6.07) is 8.41. The highest BCUT2D eigenvalue weighted by Crippen LogP contribution is 2.34. The number of likely N-dealkylation sites (tertiary alicyclic amines) is 1. The van der Waals surface area contributed by atoms with Gasteiger partial charge in [0.2, 0.25) is 5.95 Å². The van der Waals surface area contributed by atoms with E-state index in [1.807, 2.05) is 6.07 Å². The highest BCUT2D eigenvalue weighted by Gasteiger charge is 2.24. The molecule has 0 spiro atoms. The Kier molecular flexibility index (Phi) is 7.66. The van der Waals surface area contributed by atoms with Gasteiger partial charge in [-0.3, -0.25) is 4.90 Å². The fourth-order valence-electron chi connectivity index (χ4n) is 4.78. The molecule has 8 nitrogen and oxygen atoms in total. The van der Waals surface area contributed by atoms with Crippen LogP contribution in [0.3, 0.4) is 0 Å². The van der Waals surface area contributed by atoms with Gasteiger partial charge < -0.3 is 19.9 Å². The van der Waals surface area contributed by atoms with Gasteiger partial charge in [0.15, 0.2) is 0 Å². The van der Waals surface area contributed by atoms with Crippen molar-refractivity contribution in [1.82, 2.24) is 29.7 Å². The molecule has 2 aliphatic heterocycles. The Morgan fingerprint density at radius 1 is 1.06 bits per heavy atom. The van der Waals surface area contributed by atoms with Gasteiger partial charge in [-0.1, -0.05) is 0 Å². The molecule has 3 aromatic rings. The minimum Gasteiger partial charge on any atom is -0.379 e. The van der Waals surface area contributed by atoms with E-state index in [9.17, 15) is 4.39 Å². The van der Waals surface area contributed by atoms with E-state index in [-0.39, 0.29) is 5.82 Å². The van der Waals surface area contributed by atoms with Crippen molar-refractivity contribution in [2.75, 3.05) is 64.8 Å². The summed E-state index contributed by atoms with van der Waals surface area (Å²) in [5.41, 5.74) is 3.30. The number of halogens is 1. The second-order valence-corrected chi connectivity index (χ2v) is 9.43. The van der Waals surface area contributed by atoms with Gasteiger partial charge >= 0.3 is 0 Å². The second-order valence-electron chi connectivity index (χ2n) is 9.43. The second kappa shape index (κ2) is 11.2. The third-order valence-corrected chi connectivity index (χ3v) is 6.89. The van der Waals surface area contributed by atoms with Crippen molar-refractivity contribution in [3.05, 3.63) is 48.2 Å². The summed E-state index contributed by atoms with van der Waals surface area (Å²) in [4.78, 5) is 22.6. The predicted octanol–water partition coefficient (Wildman–Crippen LogP) is 3.62. The maximum atomic E-state index is 13.6. The van der Waals surface area contributed by atoms with Crippen LogP contribution in [-0.2, 0) is 4.74 Å². The van der Waals surface area contributed by atoms with Gasteiger partial charge in [0.05, 0.1) is 30.3 Å². The molecule has 1 aromatic carbocycles. The van der Waals surface area contributed by atoms with Crippen molar-refractivity contribution < 1.29 is 9.13 Å². The molecular formula is C26H34FN7O.